The van der Waals surface area contributed by atoms with Gasteiger partial charge in [-0.15, -0.1) is 0 Å². The normalized spacial score (nSPS) is 13.6. The van der Waals surface area contributed by atoms with E-state index in [1.807, 2.05) is 6.92 Å². The van der Waals surface area contributed by atoms with Crippen LogP contribution >= 0.6 is 0 Å². The Bertz CT molecular complexity index is 974. The maximum Gasteiger partial charge on any atom is 0.261 e. The summed E-state index contributed by atoms with van der Waals surface area (Å²) in [6, 6.07) is 13.7. The van der Waals surface area contributed by atoms with Crippen LogP contribution in [0.3, 0.4) is 0 Å². The van der Waals surface area contributed by atoms with Crippen molar-refractivity contribution >= 4 is 17.7 Å². The van der Waals surface area contributed by atoms with Gasteiger partial charge in [0.05, 0.1) is 41.8 Å². The molecule has 0 bridgehead atoms. The van der Waals surface area contributed by atoms with E-state index >= 15 is 0 Å². The summed E-state index contributed by atoms with van der Waals surface area (Å²) in [6.45, 7) is 4.17. The largest absolute Gasteiger partial charge is 0.493 e. The summed E-state index contributed by atoms with van der Waals surface area (Å²) in [5.74, 6) is -1.00. The van der Waals surface area contributed by atoms with Crippen molar-refractivity contribution in [1.82, 2.24) is 10.2 Å². The average Bonchev–Trinajstić information content (AvgIpc) is 2.98. The number of nitrogens with one attached hydrogen (secondary N) is 1. The number of carbonyl (C=O) groups excluding carboxylic acids is 3. The van der Waals surface area contributed by atoms with Gasteiger partial charge in [0, 0.05) is 6.54 Å². The van der Waals surface area contributed by atoms with Gasteiger partial charge in [-0.25, -0.2) is 0 Å². The lowest BCUT2D eigenvalue weighted by Gasteiger charge is -2.16. The molecule has 3 amide bonds. The van der Waals surface area contributed by atoms with Gasteiger partial charge in [-0.1, -0.05) is 18.2 Å². The lowest BCUT2D eigenvalue weighted by molar-refractivity contribution is 0.0642. The van der Waals surface area contributed by atoms with Crippen LogP contribution in [0.1, 0.15) is 50.5 Å². The number of benzene rings is 2. The minimum atomic E-state index is -0.375. The van der Waals surface area contributed by atoms with E-state index in [4.69, 9.17) is 10.00 Å². The predicted octanol–water partition coefficient (Wildman–Crippen LogP) is 2.77. The lowest BCUT2D eigenvalue weighted by Crippen LogP contribution is -2.30. The van der Waals surface area contributed by atoms with Crippen molar-refractivity contribution in [2.24, 2.45) is 5.92 Å². The van der Waals surface area contributed by atoms with Gasteiger partial charge in [0.15, 0.2) is 0 Å². The summed E-state index contributed by atoms with van der Waals surface area (Å²) in [5.41, 5.74) is 1.69. The number of hydrogen-bond donors (Lipinski definition) is 1. The molecule has 0 saturated carbocycles. The molecule has 0 aromatic heterocycles. The SMILES string of the molecule is CCOc1ccc(CN2C(=O)c3ccccc3C2=O)cc1C(=O)NCC(C)C#N. The predicted molar refractivity (Wildman–Crippen MR) is 105 cm³/mol. The van der Waals surface area contributed by atoms with Crippen molar-refractivity contribution in [2.45, 2.75) is 20.4 Å². The fourth-order valence-electron chi connectivity index (χ4n) is 3.09. The Hall–Kier alpha value is -3.66. The standard InChI is InChI=1S/C22H21N3O4/c1-3-29-19-9-8-15(10-18(19)20(26)24-12-14(2)11-23)13-25-21(27)16-6-4-5-7-17(16)22(25)28/h4-10,14H,3,12-13H2,1-2H3,(H,24,26). The summed E-state index contributed by atoms with van der Waals surface area (Å²) in [4.78, 5) is 38.9. The van der Waals surface area contributed by atoms with E-state index in [2.05, 4.69) is 11.4 Å². The fraction of sp³-hybridized carbons (Fsp3) is 0.273. The molecule has 0 aliphatic carbocycles. The zero-order valence-electron chi connectivity index (χ0n) is 16.3. The van der Waals surface area contributed by atoms with Gasteiger partial charge in [-0.2, -0.15) is 5.26 Å². The van der Waals surface area contributed by atoms with Crippen LogP contribution in [0.4, 0.5) is 0 Å². The van der Waals surface area contributed by atoms with Crippen molar-refractivity contribution < 1.29 is 19.1 Å². The quantitative estimate of drug-likeness (QED) is 0.732. The monoisotopic (exact) mass is 391 g/mol. The third-order valence-corrected chi connectivity index (χ3v) is 4.60. The van der Waals surface area contributed by atoms with E-state index in [-0.39, 0.29) is 36.7 Å². The molecule has 7 nitrogen and oxygen atoms in total. The van der Waals surface area contributed by atoms with Gasteiger partial charge in [0.1, 0.15) is 5.75 Å². The number of nitrogens with zero attached hydrogens (tertiary/aromatic N) is 2. The highest BCUT2D eigenvalue weighted by Gasteiger charge is 2.35. The van der Waals surface area contributed by atoms with Crippen LogP contribution in [-0.2, 0) is 6.54 Å². The van der Waals surface area contributed by atoms with Crippen LogP contribution in [0, 0.1) is 17.2 Å². The zero-order chi connectivity index (χ0) is 21.0. The topological polar surface area (TPSA) is 99.5 Å². The van der Waals surface area contributed by atoms with Crippen molar-refractivity contribution in [2.75, 3.05) is 13.2 Å². The van der Waals surface area contributed by atoms with E-state index in [9.17, 15) is 14.4 Å². The molecule has 1 N–H and O–H groups in total. The molecule has 0 radical (unpaired) electrons. The number of fused-ring (bicyclic) bond motifs is 1. The summed E-state index contributed by atoms with van der Waals surface area (Å²) in [5, 5.41) is 11.6. The third-order valence-electron chi connectivity index (χ3n) is 4.60. The number of hydrogen-bond acceptors (Lipinski definition) is 5. The summed E-state index contributed by atoms with van der Waals surface area (Å²) in [7, 11) is 0. The molecule has 2 aromatic carbocycles. The third kappa shape index (κ3) is 4.11. The van der Waals surface area contributed by atoms with E-state index in [1.165, 1.54) is 4.90 Å². The molecule has 29 heavy (non-hydrogen) atoms. The second-order valence-corrected chi connectivity index (χ2v) is 6.75. The number of carbonyl (C=O) groups is 3. The van der Waals surface area contributed by atoms with Crippen molar-refractivity contribution in [3.63, 3.8) is 0 Å². The van der Waals surface area contributed by atoms with Gasteiger partial charge >= 0.3 is 0 Å². The average molecular weight is 391 g/mol. The van der Waals surface area contributed by atoms with E-state index in [0.29, 0.717) is 34.6 Å². The van der Waals surface area contributed by atoms with E-state index in [0.717, 1.165) is 0 Å². The van der Waals surface area contributed by atoms with Crippen LogP contribution in [0.25, 0.3) is 0 Å². The summed E-state index contributed by atoms with van der Waals surface area (Å²) < 4.78 is 5.54. The highest BCUT2D eigenvalue weighted by atomic mass is 16.5. The summed E-state index contributed by atoms with van der Waals surface area (Å²) >= 11 is 0. The van der Waals surface area contributed by atoms with Crippen LogP contribution in [0.15, 0.2) is 42.5 Å². The van der Waals surface area contributed by atoms with Gasteiger partial charge in [-0.3, -0.25) is 19.3 Å². The first kappa shape index (κ1) is 20.1. The van der Waals surface area contributed by atoms with Crippen LogP contribution in [0.5, 0.6) is 5.75 Å². The first-order valence-corrected chi connectivity index (χ1v) is 9.35. The highest BCUT2D eigenvalue weighted by molar-refractivity contribution is 6.21. The first-order chi connectivity index (χ1) is 14.0. The van der Waals surface area contributed by atoms with Crippen LogP contribution in [0.2, 0.25) is 0 Å². The van der Waals surface area contributed by atoms with Crippen LogP contribution in [-0.4, -0.2) is 35.8 Å². The van der Waals surface area contributed by atoms with Gasteiger partial charge < -0.3 is 10.1 Å². The maximum absolute atomic E-state index is 12.6. The Labute approximate surface area is 168 Å². The molecule has 2 aromatic rings. The Kier molecular flexibility index (Phi) is 5.93. The van der Waals surface area contributed by atoms with Gasteiger partial charge in [-0.05, 0) is 43.7 Å². The van der Waals surface area contributed by atoms with Crippen molar-refractivity contribution in [1.29, 1.82) is 5.26 Å². The molecule has 3 rings (SSSR count). The van der Waals surface area contributed by atoms with Crippen molar-refractivity contribution in [3.8, 4) is 11.8 Å². The highest BCUT2D eigenvalue weighted by Crippen LogP contribution is 2.26. The molecule has 1 aliphatic rings. The van der Waals surface area contributed by atoms with Crippen LogP contribution < -0.4 is 10.1 Å². The molecule has 1 heterocycles. The minimum Gasteiger partial charge on any atom is -0.493 e. The van der Waals surface area contributed by atoms with Gasteiger partial charge in [0.25, 0.3) is 17.7 Å². The molecule has 0 fully saturated rings. The number of nitriles is 1. The number of imide groups is 1. The second-order valence-electron chi connectivity index (χ2n) is 6.75. The molecule has 0 saturated heterocycles. The smallest absolute Gasteiger partial charge is 0.261 e. The Balaban J connectivity index is 1.84. The van der Waals surface area contributed by atoms with E-state index < -0.39 is 0 Å². The minimum absolute atomic E-state index is 0.0492. The number of ether oxygens (including phenoxy) is 1. The molecule has 1 atom stereocenters. The Morgan fingerprint density at radius 3 is 2.41 bits per heavy atom. The first-order valence-electron chi connectivity index (χ1n) is 9.35. The Morgan fingerprint density at radius 1 is 1.17 bits per heavy atom. The van der Waals surface area contributed by atoms with Gasteiger partial charge in [0.2, 0.25) is 0 Å². The molecule has 1 unspecified atom stereocenters. The molecule has 148 valence electrons. The summed E-state index contributed by atoms with van der Waals surface area (Å²) in [6.07, 6.45) is 0. The van der Waals surface area contributed by atoms with E-state index in [1.54, 1.807) is 49.4 Å². The number of amides is 3. The maximum atomic E-state index is 12.6. The molecule has 0 spiro atoms. The lowest BCUT2D eigenvalue weighted by atomic mass is 10.1. The molecule has 7 heteroatoms. The molecular weight excluding hydrogens is 370 g/mol. The fourth-order valence-corrected chi connectivity index (χ4v) is 3.09. The van der Waals surface area contributed by atoms with Crippen molar-refractivity contribution in [3.05, 3.63) is 64.7 Å². The second kappa shape index (κ2) is 8.57. The zero-order valence-corrected chi connectivity index (χ0v) is 16.3. The molecule has 1 aliphatic heterocycles. The Morgan fingerprint density at radius 2 is 1.83 bits per heavy atom. The number of rotatable bonds is 7. The molecular formula is C22H21N3O4.